The van der Waals surface area contributed by atoms with Gasteiger partial charge < -0.3 is 16.2 Å². The minimum Gasteiger partial charge on any atom is -0.480 e. The molecule has 6 nitrogen and oxygen atoms in total. The van der Waals surface area contributed by atoms with Crippen molar-refractivity contribution in [2.75, 3.05) is 0 Å². The summed E-state index contributed by atoms with van der Waals surface area (Å²) in [6, 6.07) is -1.04. The second kappa shape index (κ2) is 5.13. The van der Waals surface area contributed by atoms with Gasteiger partial charge in [0, 0.05) is 13.3 Å². The minimum absolute atomic E-state index is 0.0181. The fourth-order valence-electron chi connectivity index (χ4n) is 0.789. The van der Waals surface area contributed by atoms with E-state index in [9.17, 15) is 14.4 Å². The third-order valence-electron chi connectivity index (χ3n) is 1.36. The zero-order valence-electron chi connectivity index (χ0n) is 7.24. The molecule has 0 rings (SSSR count). The lowest BCUT2D eigenvalue weighted by Gasteiger charge is -2.11. The molecule has 0 fully saturated rings. The van der Waals surface area contributed by atoms with E-state index in [1.54, 1.807) is 0 Å². The van der Waals surface area contributed by atoms with E-state index in [1.165, 1.54) is 6.92 Å². The molecule has 0 aliphatic heterocycles. The minimum atomic E-state index is -1.17. The summed E-state index contributed by atoms with van der Waals surface area (Å²) in [6.45, 7) is 1.21. The van der Waals surface area contributed by atoms with Crippen molar-refractivity contribution >= 4 is 17.8 Å². The average molecular weight is 193 g/mol. The Morgan fingerprint density at radius 3 is 2.31 bits per heavy atom. The summed E-state index contributed by atoms with van der Waals surface area (Å²) >= 11 is 0. The molecule has 6 heteroatoms. The molecule has 0 aliphatic rings. The summed E-state index contributed by atoms with van der Waals surface area (Å²) in [6.07, 6.45) is -0.0402. The van der Waals surface area contributed by atoms with Crippen molar-refractivity contribution in [3.63, 3.8) is 0 Å². The Kier molecular flexibility index (Phi) is 4.50. The van der Waals surface area contributed by atoms with E-state index in [-0.39, 0.29) is 12.8 Å². The number of carboxylic acid groups (broad SMARTS) is 1. The number of carbonyl (C=O) groups excluding carboxylic acids is 2. The predicted molar refractivity (Wildman–Crippen MR) is 43.7 cm³/mol. The molecule has 0 bridgehead atoms. The van der Waals surface area contributed by atoms with E-state index in [2.05, 4.69) is 5.32 Å². The summed E-state index contributed by atoms with van der Waals surface area (Å²) in [4.78, 5) is 31.3. The van der Waals surface area contributed by atoms with Gasteiger partial charge in [-0.05, 0) is 6.42 Å². The Morgan fingerprint density at radius 2 is 2.00 bits per heavy atom. The first-order valence-corrected chi connectivity index (χ1v) is 3.71. The molecule has 2 amide bonds. The Balaban J connectivity index is 4.02. The van der Waals surface area contributed by atoms with Crippen molar-refractivity contribution in [3.8, 4) is 0 Å². The molecule has 0 radical (unpaired) electrons. The van der Waals surface area contributed by atoms with Gasteiger partial charge in [-0.2, -0.15) is 0 Å². The van der Waals surface area contributed by atoms with Gasteiger partial charge in [0.05, 0.1) is 0 Å². The van der Waals surface area contributed by atoms with Crippen LogP contribution in [0.2, 0.25) is 0 Å². The fourth-order valence-corrected chi connectivity index (χ4v) is 0.789. The molecule has 0 aromatic heterocycles. The number of amides is 2. The van der Waals surface area contributed by atoms with Gasteiger partial charge in [-0.3, -0.25) is 9.59 Å². The van der Waals surface area contributed by atoms with Crippen molar-refractivity contribution < 1.29 is 19.5 Å². The highest BCUT2D eigenvalue weighted by molar-refractivity contribution is 5.83. The highest BCUT2D eigenvalue weighted by Gasteiger charge is 2.18. The normalized spacial score (nSPS) is 11.8. The van der Waals surface area contributed by atoms with Crippen LogP contribution in [0.15, 0.2) is 0 Å². The van der Waals surface area contributed by atoms with E-state index < -0.39 is 23.8 Å². The van der Waals surface area contributed by atoms with Crippen LogP contribution in [0.25, 0.3) is 0 Å². The molecular weight excluding hydrogens is 181 g/mol. The maximum Gasteiger partial charge on any atom is 0.326 e. The first-order chi connectivity index (χ1) is 5.93. The maximum absolute atomic E-state index is 10.5. The zero-order chi connectivity index (χ0) is 10.4. The topological polar surface area (TPSA) is 109 Å². The molecule has 0 unspecified atom stereocenters. The number of nitrogens with two attached hydrogens (primary N) is 1. The molecule has 0 saturated carbocycles. The third kappa shape index (κ3) is 5.66. The summed E-state index contributed by atoms with van der Waals surface area (Å²) in [5.41, 5.74) is 4.83. The number of nitrogens with one attached hydrogen (secondary N) is 1. The van der Waals surface area contributed by atoms with Crippen LogP contribution in [0, 0.1) is 0 Å². The molecular formula is C7H12N2O4. The number of aliphatic carboxylic acids is 1. The Hall–Kier alpha value is -1.59. The summed E-state index contributed by atoms with van der Waals surface area (Å²) in [5, 5.41) is 10.8. The van der Waals surface area contributed by atoms with Gasteiger partial charge in [0.2, 0.25) is 11.8 Å². The predicted octanol–water partition coefficient (Wildman–Crippen LogP) is -1.16. The summed E-state index contributed by atoms with van der Waals surface area (Å²) in [7, 11) is 0. The average Bonchev–Trinajstić information content (AvgIpc) is 1.96. The molecule has 1 atom stereocenters. The van der Waals surface area contributed by atoms with Gasteiger partial charge >= 0.3 is 5.97 Å². The number of hydrogen-bond acceptors (Lipinski definition) is 3. The summed E-state index contributed by atoms with van der Waals surface area (Å²) in [5.74, 6) is -2.20. The van der Waals surface area contributed by atoms with Crippen molar-refractivity contribution in [2.24, 2.45) is 5.73 Å². The van der Waals surface area contributed by atoms with Crippen LogP contribution in [0.3, 0.4) is 0 Å². The monoisotopic (exact) mass is 193 g/mol. The van der Waals surface area contributed by atoms with Crippen LogP contribution < -0.4 is 11.1 Å². The highest BCUT2D eigenvalue weighted by atomic mass is 16.5. The van der Waals surface area contributed by atoms with Gasteiger partial charge in [-0.1, -0.05) is 0 Å². The molecule has 0 aliphatic carbocycles. The molecule has 0 aromatic rings. The molecule has 0 heterocycles. The van der Waals surface area contributed by atoms with E-state index in [4.69, 9.17) is 10.8 Å². The highest BCUT2D eigenvalue weighted by Crippen LogP contribution is 1.96. The van der Waals surface area contributed by atoms with E-state index in [1.807, 2.05) is 0 Å². The second-order valence-corrected chi connectivity index (χ2v) is 2.60. The first-order valence-electron chi connectivity index (χ1n) is 3.71. The Morgan fingerprint density at radius 1 is 1.46 bits per heavy atom. The van der Waals surface area contributed by atoms with Gasteiger partial charge in [0.25, 0.3) is 0 Å². The number of primary amides is 1. The van der Waals surface area contributed by atoms with Crippen LogP contribution in [0.4, 0.5) is 0 Å². The Bertz CT molecular complexity index is 227. The first kappa shape index (κ1) is 11.4. The standard InChI is InChI=1S/C7H12N2O4/c1-4(10)9-5(7(12)13)2-3-6(8)11/h5H,2-3H2,1H3,(H2,8,11)(H,9,10)(H,12,13)/t5-/m0/s1/i2+1,3+1,5+1,6+1,7+1. The molecule has 4 N–H and O–H groups in total. The van der Waals surface area contributed by atoms with E-state index in [0.29, 0.717) is 0 Å². The number of carbonyl (C=O) groups is 3. The lowest BCUT2D eigenvalue weighted by molar-refractivity contribution is -0.141. The van der Waals surface area contributed by atoms with Crippen molar-refractivity contribution in [1.29, 1.82) is 0 Å². The van der Waals surface area contributed by atoms with Crippen LogP contribution in [-0.4, -0.2) is 28.9 Å². The molecule has 74 valence electrons. The van der Waals surface area contributed by atoms with E-state index in [0.717, 1.165) is 0 Å². The van der Waals surface area contributed by atoms with Crippen molar-refractivity contribution in [2.45, 2.75) is 25.8 Å². The van der Waals surface area contributed by atoms with Gasteiger partial charge in [0.1, 0.15) is 6.04 Å². The Labute approximate surface area is 75.1 Å². The van der Waals surface area contributed by atoms with Gasteiger partial charge in [0.15, 0.2) is 0 Å². The smallest absolute Gasteiger partial charge is 0.326 e. The fraction of sp³-hybridized carbons (Fsp3) is 0.571. The molecule has 0 spiro atoms. The van der Waals surface area contributed by atoms with E-state index >= 15 is 0 Å². The van der Waals surface area contributed by atoms with Crippen molar-refractivity contribution in [3.05, 3.63) is 0 Å². The number of rotatable bonds is 5. The van der Waals surface area contributed by atoms with Crippen LogP contribution in [0.1, 0.15) is 19.8 Å². The van der Waals surface area contributed by atoms with Gasteiger partial charge in [-0.15, -0.1) is 0 Å². The summed E-state index contributed by atoms with van der Waals surface area (Å²) < 4.78 is 0. The van der Waals surface area contributed by atoms with Crippen LogP contribution >= 0.6 is 0 Å². The SMILES string of the molecule is CC(=O)N[13C@@H]([13CH2][13CH2][13C](N)=O)[13C](=O)O. The number of hydrogen-bond donors (Lipinski definition) is 3. The van der Waals surface area contributed by atoms with Crippen molar-refractivity contribution in [1.82, 2.24) is 5.32 Å². The second-order valence-electron chi connectivity index (χ2n) is 2.60. The third-order valence-corrected chi connectivity index (χ3v) is 1.36. The lowest BCUT2D eigenvalue weighted by Crippen LogP contribution is -2.40. The zero-order valence-corrected chi connectivity index (χ0v) is 7.24. The lowest BCUT2D eigenvalue weighted by atomic mass is 10.7. The molecule has 0 aromatic carbocycles. The maximum atomic E-state index is 10.5. The van der Waals surface area contributed by atoms with Crippen LogP contribution in [0.5, 0.6) is 0 Å². The van der Waals surface area contributed by atoms with Gasteiger partial charge in [-0.25, -0.2) is 4.79 Å². The number of carboxylic acids is 1. The molecule has 13 heavy (non-hydrogen) atoms. The quantitative estimate of drug-likeness (QED) is 0.478. The largest absolute Gasteiger partial charge is 0.480 e. The van der Waals surface area contributed by atoms with Crippen LogP contribution in [-0.2, 0) is 14.4 Å². The molecule has 0 saturated heterocycles.